The van der Waals surface area contributed by atoms with E-state index in [0.29, 0.717) is 11.1 Å². The number of ether oxygens (including phenoxy) is 2. The second-order valence-corrected chi connectivity index (χ2v) is 10.4. The van der Waals surface area contributed by atoms with Gasteiger partial charge in [0, 0.05) is 11.1 Å². The van der Waals surface area contributed by atoms with Crippen LogP contribution in [0.3, 0.4) is 0 Å². The molecular formula is C38H26O4. The molecule has 0 saturated carbocycles. The Balaban J connectivity index is 1.41. The Morgan fingerprint density at radius 1 is 0.429 bits per heavy atom. The Kier molecular flexibility index (Phi) is 6.17. The molecule has 0 radical (unpaired) electrons. The molecule has 0 amide bonds. The van der Waals surface area contributed by atoms with Crippen LogP contribution in [0.2, 0.25) is 0 Å². The van der Waals surface area contributed by atoms with Crippen molar-refractivity contribution < 1.29 is 19.1 Å². The molecule has 7 rings (SSSR count). The molecule has 42 heavy (non-hydrogen) atoms. The number of hydrogen-bond donors (Lipinski definition) is 0. The second kappa shape index (κ2) is 10.2. The van der Waals surface area contributed by atoms with Gasteiger partial charge in [-0.2, -0.15) is 0 Å². The number of esters is 2. The Bertz CT molecular complexity index is 2050. The predicted molar refractivity (Wildman–Crippen MR) is 170 cm³/mol. The summed E-state index contributed by atoms with van der Waals surface area (Å²) in [5, 5.41) is 8.41. The Morgan fingerprint density at radius 2 is 0.833 bits per heavy atom. The van der Waals surface area contributed by atoms with Crippen LogP contribution in [0.4, 0.5) is 0 Å². The molecule has 0 saturated heterocycles. The minimum Gasteiger partial charge on any atom is -0.465 e. The van der Waals surface area contributed by atoms with Gasteiger partial charge in [0.15, 0.2) is 0 Å². The van der Waals surface area contributed by atoms with Gasteiger partial charge in [-0.15, -0.1) is 0 Å². The van der Waals surface area contributed by atoms with Gasteiger partial charge in [0.05, 0.1) is 25.3 Å². The van der Waals surface area contributed by atoms with Crippen LogP contribution in [0, 0.1) is 0 Å². The van der Waals surface area contributed by atoms with Gasteiger partial charge in [0.1, 0.15) is 0 Å². The van der Waals surface area contributed by atoms with Gasteiger partial charge < -0.3 is 9.47 Å². The van der Waals surface area contributed by atoms with Crippen LogP contribution >= 0.6 is 0 Å². The third kappa shape index (κ3) is 4.16. The van der Waals surface area contributed by atoms with Crippen molar-refractivity contribution in [2.24, 2.45) is 0 Å². The van der Waals surface area contributed by atoms with Crippen LogP contribution in [0.25, 0.3) is 65.3 Å². The summed E-state index contributed by atoms with van der Waals surface area (Å²) in [7, 11) is 2.82. The predicted octanol–water partition coefficient (Wildman–Crippen LogP) is 9.21. The molecule has 4 heteroatoms. The van der Waals surface area contributed by atoms with Crippen LogP contribution in [0.15, 0.2) is 121 Å². The summed E-state index contributed by atoms with van der Waals surface area (Å²) >= 11 is 0. The van der Waals surface area contributed by atoms with Crippen molar-refractivity contribution in [1.29, 1.82) is 0 Å². The normalized spacial score (nSPS) is 11.3. The summed E-state index contributed by atoms with van der Waals surface area (Å²) in [6.45, 7) is 0. The molecule has 0 aliphatic rings. The zero-order valence-corrected chi connectivity index (χ0v) is 23.2. The third-order valence-electron chi connectivity index (χ3n) is 8.04. The van der Waals surface area contributed by atoms with E-state index in [1.54, 1.807) is 0 Å². The summed E-state index contributed by atoms with van der Waals surface area (Å²) in [6, 6.07) is 40.7. The lowest BCUT2D eigenvalue weighted by molar-refractivity contribution is 0.0593. The van der Waals surface area contributed by atoms with Crippen molar-refractivity contribution in [3.05, 3.63) is 132 Å². The van der Waals surface area contributed by atoms with Crippen LogP contribution in [-0.4, -0.2) is 26.2 Å². The number of rotatable bonds is 4. The number of carbonyl (C=O) groups is 2. The van der Waals surface area contributed by atoms with Gasteiger partial charge in [-0.3, -0.25) is 0 Å². The summed E-state index contributed by atoms with van der Waals surface area (Å²) in [6.07, 6.45) is 0. The average Bonchev–Trinajstić information content (AvgIpc) is 3.05. The van der Waals surface area contributed by atoms with E-state index in [1.807, 2.05) is 72.8 Å². The molecule has 0 aliphatic heterocycles. The highest BCUT2D eigenvalue weighted by atomic mass is 16.5. The molecule has 0 bridgehead atoms. The Morgan fingerprint density at radius 3 is 1.26 bits per heavy atom. The van der Waals surface area contributed by atoms with Crippen molar-refractivity contribution in [3.8, 4) is 22.3 Å². The molecule has 202 valence electrons. The smallest absolute Gasteiger partial charge is 0.338 e. The molecule has 0 fully saturated rings. The first-order valence-electron chi connectivity index (χ1n) is 13.7. The zero-order valence-electron chi connectivity index (χ0n) is 23.2. The first-order valence-corrected chi connectivity index (χ1v) is 13.7. The van der Waals surface area contributed by atoms with Crippen LogP contribution in [0.1, 0.15) is 20.7 Å². The quantitative estimate of drug-likeness (QED) is 0.163. The first-order chi connectivity index (χ1) is 20.6. The Labute approximate surface area is 242 Å². The lowest BCUT2D eigenvalue weighted by Crippen LogP contribution is -2.04. The second-order valence-electron chi connectivity index (χ2n) is 10.4. The summed E-state index contributed by atoms with van der Waals surface area (Å²) in [5.74, 6) is -0.719. The molecule has 0 unspecified atom stereocenters. The number of methoxy groups -OCH3 is 2. The molecule has 0 N–H and O–H groups in total. The fourth-order valence-corrected chi connectivity index (χ4v) is 6.03. The minimum atomic E-state index is -0.360. The van der Waals surface area contributed by atoms with Gasteiger partial charge in [0.25, 0.3) is 0 Å². The van der Waals surface area contributed by atoms with Gasteiger partial charge in [0.2, 0.25) is 0 Å². The third-order valence-corrected chi connectivity index (χ3v) is 8.04. The lowest BCUT2D eigenvalue weighted by atomic mass is 9.90. The maximum Gasteiger partial charge on any atom is 0.338 e. The molecular weight excluding hydrogens is 520 g/mol. The largest absolute Gasteiger partial charge is 0.465 e. The number of hydrogen-bond acceptors (Lipinski definition) is 4. The van der Waals surface area contributed by atoms with Crippen molar-refractivity contribution in [2.45, 2.75) is 0 Å². The SMILES string of the molecule is COC(=O)c1ccc2ccccc2c1-c1ccc2cc3cc(-c4c(C(=O)OC)ccc5ccccc45)ccc3cc2c1. The monoisotopic (exact) mass is 546 g/mol. The summed E-state index contributed by atoms with van der Waals surface area (Å²) < 4.78 is 10.3. The molecule has 0 aliphatic carbocycles. The van der Waals surface area contributed by atoms with Gasteiger partial charge in [-0.1, -0.05) is 84.9 Å². The fourth-order valence-electron chi connectivity index (χ4n) is 6.03. The molecule has 7 aromatic rings. The maximum absolute atomic E-state index is 12.8. The van der Waals surface area contributed by atoms with E-state index < -0.39 is 0 Å². The lowest BCUT2D eigenvalue weighted by Gasteiger charge is -2.14. The molecule has 4 nitrogen and oxygen atoms in total. The number of fused-ring (bicyclic) bond motifs is 4. The minimum absolute atomic E-state index is 0.360. The molecule has 0 atom stereocenters. The van der Waals surface area contributed by atoms with Gasteiger partial charge in [-0.05, 0) is 90.6 Å². The van der Waals surface area contributed by atoms with Gasteiger partial charge >= 0.3 is 11.9 Å². The highest BCUT2D eigenvalue weighted by Gasteiger charge is 2.19. The first kappa shape index (κ1) is 25.5. The number of carbonyl (C=O) groups excluding carboxylic acids is 2. The van der Waals surface area contributed by atoms with Gasteiger partial charge in [-0.25, -0.2) is 9.59 Å². The fraction of sp³-hybridized carbons (Fsp3) is 0.0526. The van der Waals surface area contributed by atoms with Crippen LogP contribution < -0.4 is 0 Å². The van der Waals surface area contributed by atoms with Crippen molar-refractivity contribution in [1.82, 2.24) is 0 Å². The van der Waals surface area contributed by atoms with E-state index in [2.05, 4.69) is 48.5 Å². The standard InChI is InChI=1S/C38H26O4/c1-41-37(39)33-17-15-23-7-3-5-9-31(23)35(33)27-13-11-25-20-30-22-28(14-12-26(30)19-29(25)21-27)36-32-10-6-4-8-24(32)16-18-34(36)38(40)42-2/h3-22H,1-2H3. The summed E-state index contributed by atoms with van der Waals surface area (Å²) in [4.78, 5) is 25.5. The highest BCUT2D eigenvalue weighted by molar-refractivity contribution is 6.11. The maximum atomic E-state index is 12.8. The van der Waals surface area contributed by atoms with Crippen molar-refractivity contribution in [3.63, 3.8) is 0 Å². The highest BCUT2D eigenvalue weighted by Crippen LogP contribution is 2.38. The van der Waals surface area contributed by atoms with E-state index >= 15 is 0 Å². The molecule has 0 spiro atoms. The van der Waals surface area contributed by atoms with E-state index in [0.717, 1.165) is 65.3 Å². The molecule has 0 heterocycles. The Hall–Kier alpha value is -5.48. The van der Waals surface area contributed by atoms with E-state index in [1.165, 1.54) is 14.2 Å². The van der Waals surface area contributed by atoms with E-state index in [9.17, 15) is 9.59 Å². The van der Waals surface area contributed by atoms with E-state index in [4.69, 9.17) is 9.47 Å². The zero-order chi connectivity index (χ0) is 28.8. The van der Waals surface area contributed by atoms with E-state index in [-0.39, 0.29) is 11.9 Å². The number of benzene rings is 7. The molecule has 0 aromatic heterocycles. The van der Waals surface area contributed by atoms with Crippen molar-refractivity contribution >= 4 is 55.0 Å². The summed E-state index contributed by atoms with van der Waals surface area (Å²) in [5.41, 5.74) is 4.71. The topological polar surface area (TPSA) is 52.6 Å². The van der Waals surface area contributed by atoms with Crippen LogP contribution in [-0.2, 0) is 9.47 Å². The van der Waals surface area contributed by atoms with Crippen molar-refractivity contribution in [2.75, 3.05) is 14.2 Å². The molecule has 7 aromatic carbocycles. The average molecular weight is 547 g/mol. The van der Waals surface area contributed by atoms with Crippen LogP contribution in [0.5, 0.6) is 0 Å².